The molecule has 5 atom stereocenters. The van der Waals surface area contributed by atoms with E-state index < -0.39 is 12.0 Å². The quantitative estimate of drug-likeness (QED) is 0.743. The van der Waals surface area contributed by atoms with E-state index in [1.54, 1.807) is 0 Å². The highest BCUT2D eigenvalue weighted by Crippen LogP contribution is 2.63. The van der Waals surface area contributed by atoms with Gasteiger partial charge in [0.1, 0.15) is 12.4 Å². The van der Waals surface area contributed by atoms with Crippen molar-refractivity contribution >= 4 is 12.1 Å². The second kappa shape index (κ2) is 3.25. The first-order valence-corrected chi connectivity index (χ1v) is 5.47. The third-order valence-electron chi connectivity index (χ3n) is 3.85. The predicted octanol–water partition coefficient (Wildman–Crippen LogP) is 0.775. The molecule has 2 saturated carbocycles. The van der Waals surface area contributed by atoms with Crippen LogP contribution >= 0.6 is 0 Å². The molecule has 3 rings (SSSR count). The van der Waals surface area contributed by atoms with Crippen LogP contribution in [-0.2, 0) is 9.59 Å². The number of benzene rings is 1. The van der Waals surface area contributed by atoms with Gasteiger partial charge in [-0.05, 0) is 17.4 Å². The number of carbonyl (C=O) groups excluding carboxylic acids is 2. The molecule has 0 aromatic heterocycles. The summed E-state index contributed by atoms with van der Waals surface area (Å²) in [5.74, 6) is -0.610. The number of carbonyl (C=O) groups is 2. The number of aliphatic hydroxyl groups excluding tert-OH is 1. The molecule has 1 N–H and O–H groups in total. The Morgan fingerprint density at radius 1 is 1.12 bits per heavy atom. The van der Waals surface area contributed by atoms with Crippen LogP contribution in [0.4, 0.5) is 0 Å². The largest absolute Gasteiger partial charge is 0.385 e. The number of hydrogen-bond acceptors (Lipinski definition) is 3. The van der Waals surface area contributed by atoms with Gasteiger partial charge in [-0.2, -0.15) is 0 Å². The summed E-state index contributed by atoms with van der Waals surface area (Å²) in [5.41, 5.74) is 1.10. The number of fused-ring (bicyclic) bond motifs is 1. The van der Waals surface area contributed by atoms with Gasteiger partial charge in [-0.1, -0.05) is 30.3 Å². The fourth-order valence-electron chi connectivity index (χ4n) is 3.05. The van der Waals surface area contributed by atoms with Crippen LogP contribution in [0.2, 0.25) is 0 Å². The molecule has 0 spiro atoms. The summed E-state index contributed by atoms with van der Waals surface area (Å²) < 4.78 is 0. The minimum atomic E-state index is -1.06. The molecule has 16 heavy (non-hydrogen) atoms. The van der Waals surface area contributed by atoms with E-state index in [1.165, 1.54) is 0 Å². The molecule has 82 valence electrons. The van der Waals surface area contributed by atoms with E-state index in [0.29, 0.717) is 0 Å². The third-order valence-corrected chi connectivity index (χ3v) is 3.85. The Balaban J connectivity index is 1.90. The van der Waals surface area contributed by atoms with Crippen molar-refractivity contribution in [2.45, 2.75) is 12.0 Å². The SMILES string of the molecule is O=CC1C(O)C(=O)C2C(c3ccccc3)C12. The van der Waals surface area contributed by atoms with Gasteiger partial charge < -0.3 is 9.90 Å². The van der Waals surface area contributed by atoms with E-state index >= 15 is 0 Å². The molecule has 2 fully saturated rings. The normalized spacial score (nSPS) is 40.6. The van der Waals surface area contributed by atoms with Gasteiger partial charge >= 0.3 is 0 Å². The molecular formula is C13H12O3. The molecule has 1 aromatic rings. The number of Topliss-reactive ketones (excluding diaryl/α,β-unsaturated/α-hetero) is 1. The highest BCUT2D eigenvalue weighted by molar-refractivity contribution is 5.96. The van der Waals surface area contributed by atoms with E-state index in [0.717, 1.165) is 11.8 Å². The zero-order valence-electron chi connectivity index (χ0n) is 8.61. The molecule has 0 amide bonds. The second-order valence-electron chi connectivity index (χ2n) is 4.60. The first-order valence-electron chi connectivity index (χ1n) is 5.47. The standard InChI is InChI=1S/C13H12O3/c14-6-8-10-9(7-4-2-1-3-5-7)11(10)13(16)12(8)15/h1-6,8-12,15H. The number of ketones is 1. The van der Waals surface area contributed by atoms with E-state index in [9.17, 15) is 14.7 Å². The van der Waals surface area contributed by atoms with Crippen molar-refractivity contribution in [3.05, 3.63) is 35.9 Å². The molecule has 5 unspecified atom stereocenters. The Bertz CT molecular complexity index is 440. The van der Waals surface area contributed by atoms with Gasteiger partial charge in [0.05, 0.1) is 5.92 Å². The monoisotopic (exact) mass is 216 g/mol. The zero-order valence-corrected chi connectivity index (χ0v) is 8.61. The second-order valence-corrected chi connectivity index (χ2v) is 4.60. The summed E-state index contributed by atoms with van der Waals surface area (Å²) >= 11 is 0. The fourth-order valence-corrected chi connectivity index (χ4v) is 3.05. The molecule has 3 nitrogen and oxygen atoms in total. The predicted molar refractivity (Wildman–Crippen MR) is 56.7 cm³/mol. The van der Waals surface area contributed by atoms with Gasteiger partial charge in [0.15, 0.2) is 5.78 Å². The lowest BCUT2D eigenvalue weighted by molar-refractivity contribution is -0.130. The van der Waals surface area contributed by atoms with E-state index in [2.05, 4.69) is 0 Å². The Labute approximate surface area is 93.1 Å². The van der Waals surface area contributed by atoms with Crippen LogP contribution < -0.4 is 0 Å². The molecule has 0 aliphatic heterocycles. The van der Waals surface area contributed by atoms with Gasteiger partial charge in [0, 0.05) is 5.92 Å². The van der Waals surface area contributed by atoms with Crippen molar-refractivity contribution in [3.8, 4) is 0 Å². The first-order chi connectivity index (χ1) is 7.75. The molecule has 0 radical (unpaired) electrons. The van der Waals surface area contributed by atoms with Crippen LogP contribution in [0.1, 0.15) is 11.5 Å². The Morgan fingerprint density at radius 3 is 2.44 bits per heavy atom. The highest BCUT2D eigenvalue weighted by atomic mass is 16.3. The molecule has 0 saturated heterocycles. The number of aliphatic hydroxyl groups is 1. The van der Waals surface area contributed by atoms with Crippen molar-refractivity contribution in [2.24, 2.45) is 17.8 Å². The van der Waals surface area contributed by atoms with Crippen molar-refractivity contribution in [2.75, 3.05) is 0 Å². The van der Waals surface area contributed by atoms with E-state index in [4.69, 9.17) is 0 Å². The first kappa shape index (κ1) is 9.73. The molecule has 2 aliphatic rings. The lowest BCUT2D eigenvalue weighted by Gasteiger charge is -2.12. The topological polar surface area (TPSA) is 54.4 Å². The fraction of sp³-hybridized carbons (Fsp3) is 0.385. The number of rotatable bonds is 2. The summed E-state index contributed by atoms with van der Waals surface area (Å²) in [4.78, 5) is 22.6. The smallest absolute Gasteiger partial charge is 0.166 e. The Morgan fingerprint density at radius 2 is 1.81 bits per heavy atom. The molecule has 3 heteroatoms. The van der Waals surface area contributed by atoms with Crippen molar-refractivity contribution < 1.29 is 14.7 Å². The lowest BCUT2D eigenvalue weighted by Crippen LogP contribution is -2.27. The van der Waals surface area contributed by atoms with Crippen molar-refractivity contribution in [1.29, 1.82) is 0 Å². The number of hydrogen-bond donors (Lipinski definition) is 1. The third kappa shape index (κ3) is 1.12. The molecule has 2 aliphatic carbocycles. The average molecular weight is 216 g/mol. The van der Waals surface area contributed by atoms with Gasteiger partial charge in [-0.25, -0.2) is 0 Å². The van der Waals surface area contributed by atoms with Crippen LogP contribution in [0.15, 0.2) is 30.3 Å². The summed E-state index contributed by atoms with van der Waals surface area (Å²) in [6.07, 6.45) is -0.330. The van der Waals surface area contributed by atoms with Crippen molar-refractivity contribution in [3.63, 3.8) is 0 Å². The molecular weight excluding hydrogens is 204 g/mol. The molecule has 1 aromatic carbocycles. The highest BCUT2D eigenvalue weighted by Gasteiger charge is 2.67. The van der Waals surface area contributed by atoms with Gasteiger partial charge in [-0.3, -0.25) is 4.79 Å². The maximum atomic E-state index is 11.7. The minimum absolute atomic E-state index is 0.0300. The molecule has 0 heterocycles. The van der Waals surface area contributed by atoms with Crippen molar-refractivity contribution in [1.82, 2.24) is 0 Å². The number of aldehydes is 1. The van der Waals surface area contributed by atoms with Gasteiger partial charge in [0.2, 0.25) is 0 Å². The minimum Gasteiger partial charge on any atom is -0.385 e. The molecule has 0 bridgehead atoms. The van der Waals surface area contributed by atoms with Crippen LogP contribution in [-0.4, -0.2) is 23.3 Å². The van der Waals surface area contributed by atoms with E-state index in [-0.39, 0.29) is 23.5 Å². The summed E-state index contributed by atoms with van der Waals surface area (Å²) in [6, 6.07) is 9.74. The maximum Gasteiger partial charge on any atom is 0.166 e. The summed E-state index contributed by atoms with van der Waals surface area (Å²) in [6.45, 7) is 0. The van der Waals surface area contributed by atoms with Crippen LogP contribution in [0.3, 0.4) is 0 Å². The Hall–Kier alpha value is -1.48. The van der Waals surface area contributed by atoms with Crippen LogP contribution in [0.5, 0.6) is 0 Å². The van der Waals surface area contributed by atoms with Crippen LogP contribution in [0.25, 0.3) is 0 Å². The maximum absolute atomic E-state index is 11.7. The Kier molecular flexibility index (Phi) is 1.98. The van der Waals surface area contributed by atoms with Gasteiger partial charge in [-0.15, -0.1) is 0 Å². The van der Waals surface area contributed by atoms with Crippen LogP contribution in [0, 0.1) is 17.8 Å². The summed E-state index contributed by atoms with van der Waals surface area (Å²) in [5, 5.41) is 9.54. The summed E-state index contributed by atoms with van der Waals surface area (Å²) in [7, 11) is 0. The zero-order chi connectivity index (χ0) is 11.3. The average Bonchev–Trinajstić information content (AvgIpc) is 2.99. The van der Waals surface area contributed by atoms with E-state index in [1.807, 2.05) is 30.3 Å². The van der Waals surface area contributed by atoms with Gasteiger partial charge in [0.25, 0.3) is 0 Å². The lowest BCUT2D eigenvalue weighted by atomic mass is 9.94.